The van der Waals surface area contributed by atoms with Crippen LogP contribution in [0.25, 0.3) is 0 Å². The molecule has 5 rings (SSSR count). The number of aryl methyl sites for hydroxylation is 1. The van der Waals surface area contributed by atoms with Gasteiger partial charge in [0.1, 0.15) is 11.4 Å². The number of nitrogens with zero attached hydrogens (tertiary/aromatic N) is 3. The Morgan fingerprint density at radius 2 is 2.04 bits per heavy atom. The third-order valence-corrected chi connectivity index (χ3v) is 6.17. The quantitative estimate of drug-likeness (QED) is 0.779. The van der Waals surface area contributed by atoms with E-state index in [1.807, 2.05) is 40.9 Å². The highest BCUT2D eigenvalue weighted by molar-refractivity contribution is 6.00. The molecule has 6 nitrogen and oxygen atoms in total. The van der Waals surface area contributed by atoms with Gasteiger partial charge in [-0.05, 0) is 37.8 Å². The van der Waals surface area contributed by atoms with Gasteiger partial charge in [0.2, 0.25) is 0 Å². The maximum absolute atomic E-state index is 13.2. The van der Waals surface area contributed by atoms with Crippen LogP contribution in [0.4, 0.5) is 0 Å². The number of hydrogen-bond donors (Lipinski definition) is 0. The smallest absolute Gasteiger partial charge is 0.274 e. The van der Waals surface area contributed by atoms with Crippen molar-refractivity contribution in [2.24, 2.45) is 7.05 Å². The fraction of sp³-hybridized carbons (Fsp3) is 0.476. The molecule has 1 aromatic heterocycles. The molecule has 0 saturated carbocycles. The van der Waals surface area contributed by atoms with Gasteiger partial charge in [-0.1, -0.05) is 12.1 Å². The molecular weight excluding hydrogens is 342 g/mol. The van der Waals surface area contributed by atoms with Crippen molar-refractivity contribution in [3.05, 3.63) is 46.8 Å². The first kappa shape index (κ1) is 16.5. The molecule has 27 heavy (non-hydrogen) atoms. The van der Waals surface area contributed by atoms with Crippen molar-refractivity contribution in [3.8, 4) is 5.75 Å². The van der Waals surface area contributed by atoms with Crippen LogP contribution < -0.4 is 4.74 Å². The Labute approximate surface area is 158 Å². The van der Waals surface area contributed by atoms with Gasteiger partial charge >= 0.3 is 0 Å². The van der Waals surface area contributed by atoms with E-state index in [1.165, 1.54) is 5.69 Å². The zero-order valence-electron chi connectivity index (χ0n) is 15.5. The van der Waals surface area contributed by atoms with E-state index in [0.29, 0.717) is 42.9 Å². The molecule has 0 bridgehead atoms. The average Bonchev–Trinajstić information content (AvgIpc) is 3.23. The molecule has 2 aromatic rings. The van der Waals surface area contributed by atoms with Crippen molar-refractivity contribution in [3.63, 3.8) is 0 Å². The number of fused-ring (bicyclic) bond motifs is 2. The Kier molecular flexibility index (Phi) is 3.64. The lowest BCUT2D eigenvalue weighted by Crippen LogP contribution is -2.45. The van der Waals surface area contributed by atoms with Crippen LogP contribution in [0.3, 0.4) is 0 Å². The number of aromatic nitrogens is 2. The number of carbonyl (C=O) groups excluding carboxylic acids is 2. The zero-order valence-corrected chi connectivity index (χ0v) is 15.5. The first-order chi connectivity index (χ1) is 13.1. The second-order valence-electron chi connectivity index (χ2n) is 7.96. The summed E-state index contributed by atoms with van der Waals surface area (Å²) in [5.74, 6) is 0.708. The number of rotatable bonds is 1. The molecule has 1 aromatic carbocycles. The largest absolute Gasteiger partial charge is 0.484 e. The van der Waals surface area contributed by atoms with Gasteiger partial charge in [0.05, 0.1) is 18.5 Å². The third-order valence-electron chi connectivity index (χ3n) is 6.17. The standard InChI is InChI=1S/C21H23N3O3/c1-23-16-8-4-2-6-14(16)19(22-23)20(26)24-11-10-21(13-24)12-17(25)15-7-3-5-9-18(15)27-21/h3,5,7,9H,2,4,6,8,10-13H2,1H3/t21-/m1/s1. The van der Waals surface area contributed by atoms with Gasteiger partial charge in [-0.25, -0.2) is 0 Å². The summed E-state index contributed by atoms with van der Waals surface area (Å²) in [6, 6.07) is 7.38. The number of amides is 1. The molecule has 1 amide bonds. The maximum atomic E-state index is 13.2. The molecule has 2 aliphatic heterocycles. The first-order valence-electron chi connectivity index (χ1n) is 9.72. The van der Waals surface area contributed by atoms with Gasteiger partial charge in [0, 0.05) is 31.3 Å². The van der Waals surface area contributed by atoms with Crippen LogP contribution in [-0.2, 0) is 19.9 Å². The van der Waals surface area contributed by atoms with Crippen LogP contribution in [0.15, 0.2) is 24.3 Å². The summed E-state index contributed by atoms with van der Waals surface area (Å²) in [4.78, 5) is 27.6. The Hall–Kier alpha value is -2.63. The van der Waals surface area contributed by atoms with E-state index in [-0.39, 0.29) is 11.7 Å². The number of para-hydroxylation sites is 1. The number of benzene rings is 1. The van der Waals surface area contributed by atoms with E-state index in [1.54, 1.807) is 0 Å². The normalized spacial score (nSPS) is 23.9. The van der Waals surface area contributed by atoms with E-state index < -0.39 is 5.60 Å². The van der Waals surface area contributed by atoms with Gasteiger partial charge in [0.25, 0.3) is 5.91 Å². The van der Waals surface area contributed by atoms with Crippen LogP contribution in [-0.4, -0.2) is 45.1 Å². The van der Waals surface area contributed by atoms with E-state index in [9.17, 15) is 9.59 Å². The van der Waals surface area contributed by atoms with Crippen molar-refractivity contribution in [2.75, 3.05) is 13.1 Å². The Morgan fingerprint density at radius 1 is 1.22 bits per heavy atom. The van der Waals surface area contributed by atoms with Gasteiger partial charge in [0.15, 0.2) is 11.5 Å². The monoisotopic (exact) mass is 365 g/mol. The predicted octanol–water partition coefficient (Wildman–Crippen LogP) is 2.55. The molecule has 3 heterocycles. The lowest BCUT2D eigenvalue weighted by molar-refractivity contribution is 0.0427. The van der Waals surface area contributed by atoms with Crippen molar-refractivity contribution in [1.82, 2.24) is 14.7 Å². The molecule has 3 aliphatic rings. The molecule has 1 saturated heterocycles. The Balaban J connectivity index is 1.40. The van der Waals surface area contributed by atoms with Crippen molar-refractivity contribution < 1.29 is 14.3 Å². The summed E-state index contributed by atoms with van der Waals surface area (Å²) in [6.07, 6.45) is 5.18. The van der Waals surface area contributed by atoms with Crippen molar-refractivity contribution >= 4 is 11.7 Å². The average molecular weight is 365 g/mol. The van der Waals surface area contributed by atoms with Crippen LogP contribution in [0.2, 0.25) is 0 Å². The van der Waals surface area contributed by atoms with E-state index in [2.05, 4.69) is 5.10 Å². The summed E-state index contributed by atoms with van der Waals surface area (Å²) in [6.45, 7) is 1.04. The second kappa shape index (κ2) is 5.94. The van der Waals surface area contributed by atoms with Crippen LogP contribution >= 0.6 is 0 Å². The molecule has 1 atom stereocenters. The molecule has 0 radical (unpaired) electrons. The Morgan fingerprint density at radius 3 is 2.93 bits per heavy atom. The van der Waals surface area contributed by atoms with Gasteiger partial charge in [-0.2, -0.15) is 5.10 Å². The third kappa shape index (κ3) is 2.58. The summed E-state index contributed by atoms with van der Waals surface area (Å²) < 4.78 is 8.11. The van der Waals surface area contributed by atoms with Crippen molar-refractivity contribution in [1.29, 1.82) is 0 Å². The van der Waals surface area contributed by atoms with E-state index in [4.69, 9.17) is 4.74 Å². The molecule has 1 fully saturated rings. The number of ketones is 1. The SMILES string of the molecule is Cn1nc(C(=O)N2CC[C@@]3(CC(=O)c4ccccc4O3)C2)c2c1CCCC2. The zero-order chi connectivity index (χ0) is 18.6. The number of hydrogen-bond acceptors (Lipinski definition) is 4. The molecule has 0 N–H and O–H groups in total. The molecule has 140 valence electrons. The maximum Gasteiger partial charge on any atom is 0.274 e. The van der Waals surface area contributed by atoms with E-state index in [0.717, 1.165) is 31.2 Å². The number of carbonyl (C=O) groups is 2. The predicted molar refractivity (Wildman–Crippen MR) is 99.1 cm³/mol. The minimum atomic E-state index is -0.601. The minimum absolute atomic E-state index is 0.0273. The van der Waals surface area contributed by atoms with Gasteiger partial charge < -0.3 is 9.64 Å². The topological polar surface area (TPSA) is 64.4 Å². The fourth-order valence-electron chi connectivity index (χ4n) is 4.78. The summed E-state index contributed by atoms with van der Waals surface area (Å²) in [5, 5.41) is 4.54. The highest BCUT2D eigenvalue weighted by atomic mass is 16.5. The fourth-order valence-corrected chi connectivity index (χ4v) is 4.78. The summed E-state index contributed by atoms with van der Waals surface area (Å²) in [5.41, 5.74) is 2.94. The lowest BCUT2D eigenvalue weighted by atomic mass is 9.89. The first-order valence-corrected chi connectivity index (χ1v) is 9.72. The minimum Gasteiger partial charge on any atom is -0.484 e. The highest BCUT2D eigenvalue weighted by Gasteiger charge is 2.47. The molecule has 0 unspecified atom stereocenters. The molecule has 1 spiro atoms. The number of Topliss-reactive ketones (excluding diaryl/α,β-unsaturated/α-hetero) is 1. The van der Waals surface area contributed by atoms with Crippen LogP contribution in [0.1, 0.15) is 57.8 Å². The lowest BCUT2D eigenvalue weighted by Gasteiger charge is -2.34. The second-order valence-corrected chi connectivity index (χ2v) is 7.96. The van der Waals surface area contributed by atoms with Gasteiger partial charge in [-0.3, -0.25) is 14.3 Å². The number of likely N-dealkylation sites (tertiary alicyclic amines) is 1. The molecule has 6 heteroatoms. The van der Waals surface area contributed by atoms with Crippen LogP contribution in [0, 0.1) is 0 Å². The Bertz CT molecular complexity index is 948. The van der Waals surface area contributed by atoms with Gasteiger partial charge in [-0.15, -0.1) is 0 Å². The summed E-state index contributed by atoms with van der Waals surface area (Å²) in [7, 11) is 1.92. The molecular formula is C21H23N3O3. The van der Waals surface area contributed by atoms with Crippen LogP contribution in [0.5, 0.6) is 5.75 Å². The molecule has 1 aliphatic carbocycles. The summed E-state index contributed by atoms with van der Waals surface area (Å²) >= 11 is 0. The highest BCUT2D eigenvalue weighted by Crippen LogP contribution is 2.39. The van der Waals surface area contributed by atoms with E-state index >= 15 is 0 Å². The number of ether oxygens (including phenoxy) is 1. The van der Waals surface area contributed by atoms with Crippen molar-refractivity contribution in [2.45, 2.75) is 44.1 Å².